The van der Waals surface area contributed by atoms with Crippen molar-refractivity contribution >= 4 is 33.6 Å². The van der Waals surface area contributed by atoms with Crippen LogP contribution >= 0.6 is 15.6 Å². The van der Waals surface area contributed by atoms with Crippen LogP contribution in [0.1, 0.15) is 393 Å². The Labute approximate surface area is 750 Å². The van der Waals surface area contributed by atoms with Crippen molar-refractivity contribution in [2.45, 2.75) is 411 Å². The fourth-order valence-electron chi connectivity index (χ4n) is 13.0. The Morgan fingerprint density at radius 3 is 0.683 bits per heavy atom. The maximum atomic E-state index is 13.1. The minimum absolute atomic E-state index is 0.0794. The number of carbonyl (C=O) groups excluding carboxylic acids is 3. The zero-order valence-electron chi connectivity index (χ0n) is 77.5. The van der Waals surface area contributed by atoms with Crippen molar-refractivity contribution in [2.24, 2.45) is 0 Å². The van der Waals surface area contributed by atoms with Gasteiger partial charge in [0.15, 0.2) is 6.10 Å². The first-order valence-electron chi connectivity index (χ1n) is 48.7. The smallest absolute Gasteiger partial charge is 0.463 e. The number of hydrogen-bond acceptors (Lipinski definition) is 14. The second-order valence-electron chi connectivity index (χ2n) is 32.1. The van der Waals surface area contributed by atoms with Crippen LogP contribution in [0.2, 0.25) is 0 Å². The van der Waals surface area contributed by atoms with Crippen molar-refractivity contribution in [1.82, 2.24) is 0 Å². The largest absolute Gasteiger partial charge is 0.472 e. The molecule has 0 fully saturated rings. The predicted molar refractivity (Wildman–Crippen MR) is 518 cm³/mol. The van der Waals surface area contributed by atoms with E-state index >= 15 is 0 Å². The Kier molecular flexibility index (Phi) is 91.1. The molecule has 0 aliphatic heterocycles. The molecule has 702 valence electrons. The first-order chi connectivity index (χ1) is 60.2. The van der Waals surface area contributed by atoms with E-state index in [9.17, 15) is 43.5 Å². The van der Waals surface area contributed by atoms with Crippen molar-refractivity contribution in [3.63, 3.8) is 0 Å². The number of ether oxygens (including phenoxy) is 3. The Balaban J connectivity index is 4.63. The zero-order valence-corrected chi connectivity index (χ0v) is 79.3. The molecule has 0 aliphatic rings. The molecular weight excluding hydrogens is 1580 g/mol. The standard InChI is InChI=1S/C105H176O16P2/c1-4-7-10-13-16-19-22-25-28-31-34-37-40-43-45-47-48-49-50-52-54-56-58-61-64-67-70-73-76-79-82-85-88-91-103(108)115-94-100(106)95-117-122(111,112)118-96-101(107)97-119-123(113,114)120-99-102(121-105(110)93-90-87-84-81-78-75-72-69-66-63-60-55-42-39-36-33-30-27-24-21-18-15-12-9-6-3)98-116-104(109)92-89-86-83-80-77-74-71-68-65-62-59-57-53-51-46-44-41-38-35-32-29-26-23-20-17-14-11-8-5-2/h8-9,11-12,16-21,25-30,34-39,43-46,53,55,57,60,66,69,100-102,106-107H,4-7,10,13-15,22-24,31-33,40-42,47-52,54,56,58-59,61-65,67-68,70-99H2,1-3H3,(H,111,112)(H,113,114)/b11-8-,12-9-,19-16-,20-17-,21-18-,28-25-,29-26-,30-27-,37-34-,38-35-,39-36-,45-43-,46-44-,57-53-,60-55-,69-66-. The SMILES string of the molecule is CC/C=C\C/C=C\C/C=C\C/C=C\C/C=C\C/C=C\CCCCCCCCCCCCC(=O)OCC(COP(=O)(O)OCC(O)COP(=O)(O)OCC(O)COC(=O)CCCCCCCCCCCCCCCCCCC/C=C\C/C=C\C/C=C\C/C=C\CCCCC)OC(=O)CCCCCCCC/C=C\C/C=C\C/C=C\C/C=C\C/C=C\C/C=C\CC. The van der Waals surface area contributed by atoms with Gasteiger partial charge in [0.1, 0.15) is 25.4 Å². The highest BCUT2D eigenvalue weighted by Gasteiger charge is 2.30. The monoisotopic (exact) mass is 1760 g/mol. The summed E-state index contributed by atoms with van der Waals surface area (Å²) in [5, 5.41) is 20.8. The van der Waals surface area contributed by atoms with Gasteiger partial charge in [0, 0.05) is 19.3 Å². The van der Waals surface area contributed by atoms with E-state index in [0.717, 1.165) is 186 Å². The first kappa shape index (κ1) is 117. The predicted octanol–water partition coefficient (Wildman–Crippen LogP) is 30.6. The number of carbonyl (C=O) groups is 3. The molecule has 18 heteroatoms. The number of allylic oxidation sites excluding steroid dienone is 32. The molecule has 0 heterocycles. The number of aliphatic hydroxyl groups is 2. The normalized spacial score (nSPS) is 14.6. The Bertz CT molecular complexity index is 3020. The molecule has 0 radical (unpaired) electrons. The average Bonchev–Trinajstić information content (AvgIpc) is 0.898. The van der Waals surface area contributed by atoms with Crippen molar-refractivity contribution in [3.05, 3.63) is 194 Å². The molecule has 123 heavy (non-hydrogen) atoms. The summed E-state index contributed by atoms with van der Waals surface area (Å²) in [4.78, 5) is 59.1. The van der Waals surface area contributed by atoms with Crippen LogP contribution in [0.5, 0.6) is 0 Å². The summed E-state index contributed by atoms with van der Waals surface area (Å²) in [6.45, 7) is 2.44. The second kappa shape index (κ2) is 95.5. The Hall–Kier alpha value is -5.61. The van der Waals surface area contributed by atoms with E-state index in [-0.39, 0.29) is 19.3 Å². The van der Waals surface area contributed by atoms with Crippen LogP contribution in [0.4, 0.5) is 0 Å². The summed E-state index contributed by atoms with van der Waals surface area (Å²) in [6.07, 6.45) is 128. The fraction of sp³-hybridized carbons (Fsp3) is 0.667. The average molecular weight is 1760 g/mol. The molecule has 16 nitrogen and oxygen atoms in total. The molecule has 5 atom stereocenters. The van der Waals surface area contributed by atoms with Crippen LogP contribution in [0.15, 0.2) is 194 Å². The molecule has 5 unspecified atom stereocenters. The summed E-state index contributed by atoms with van der Waals surface area (Å²) in [5.74, 6) is -1.59. The van der Waals surface area contributed by atoms with Crippen molar-refractivity contribution in [1.29, 1.82) is 0 Å². The maximum Gasteiger partial charge on any atom is 0.472 e. The van der Waals surface area contributed by atoms with Gasteiger partial charge in [-0.15, -0.1) is 0 Å². The van der Waals surface area contributed by atoms with Gasteiger partial charge in [-0.3, -0.25) is 32.5 Å². The molecule has 4 N–H and O–H groups in total. The lowest BCUT2D eigenvalue weighted by molar-refractivity contribution is -0.161. The van der Waals surface area contributed by atoms with Gasteiger partial charge >= 0.3 is 33.6 Å². The maximum absolute atomic E-state index is 13.1. The van der Waals surface area contributed by atoms with Gasteiger partial charge in [-0.05, 0) is 167 Å². The molecule has 0 aromatic heterocycles. The molecular formula is C105H176O16P2. The van der Waals surface area contributed by atoms with Crippen LogP contribution in [-0.4, -0.2) is 95.9 Å². The number of hydrogen-bond donors (Lipinski definition) is 4. The van der Waals surface area contributed by atoms with Gasteiger partial charge in [-0.25, -0.2) is 9.13 Å². The molecule has 0 saturated heterocycles. The van der Waals surface area contributed by atoms with Crippen LogP contribution in [0, 0.1) is 0 Å². The highest BCUT2D eigenvalue weighted by molar-refractivity contribution is 7.47. The van der Waals surface area contributed by atoms with Crippen LogP contribution < -0.4 is 0 Å². The van der Waals surface area contributed by atoms with Crippen LogP contribution in [0.3, 0.4) is 0 Å². The van der Waals surface area contributed by atoms with Gasteiger partial charge in [0.2, 0.25) is 0 Å². The molecule has 0 rings (SSSR count). The first-order valence-corrected chi connectivity index (χ1v) is 51.7. The summed E-state index contributed by atoms with van der Waals surface area (Å²) < 4.78 is 61.6. The van der Waals surface area contributed by atoms with E-state index in [1.165, 1.54) is 148 Å². The van der Waals surface area contributed by atoms with Gasteiger partial charge in [-0.2, -0.15) is 0 Å². The summed E-state index contributed by atoms with van der Waals surface area (Å²) in [7, 11) is -9.83. The van der Waals surface area contributed by atoms with Gasteiger partial charge in [0.05, 0.1) is 26.4 Å². The lowest BCUT2D eigenvalue weighted by atomic mass is 10.0. The minimum Gasteiger partial charge on any atom is -0.463 e. The van der Waals surface area contributed by atoms with Gasteiger partial charge < -0.3 is 34.2 Å². The Morgan fingerprint density at radius 1 is 0.236 bits per heavy atom. The lowest BCUT2D eigenvalue weighted by Crippen LogP contribution is -2.30. The number of esters is 3. The quantitative estimate of drug-likeness (QED) is 0.0146. The highest BCUT2D eigenvalue weighted by atomic mass is 31.2. The van der Waals surface area contributed by atoms with Crippen molar-refractivity contribution in [3.8, 4) is 0 Å². The third kappa shape index (κ3) is 96.9. The van der Waals surface area contributed by atoms with Crippen molar-refractivity contribution in [2.75, 3.05) is 39.6 Å². The molecule has 0 saturated carbocycles. The van der Waals surface area contributed by atoms with E-state index < -0.39 is 91.5 Å². The summed E-state index contributed by atoms with van der Waals surface area (Å²) >= 11 is 0. The van der Waals surface area contributed by atoms with Gasteiger partial charge in [-0.1, -0.05) is 401 Å². The molecule has 0 aromatic carbocycles. The van der Waals surface area contributed by atoms with E-state index in [4.69, 9.17) is 32.3 Å². The number of unbranched alkanes of at least 4 members (excludes halogenated alkanes) is 36. The third-order valence-corrected chi connectivity index (χ3v) is 22.2. The number of phosphoric ester groups is 2. The highest BCUT2D eigenvalue weighted by Crippen LogP contribution is 2.45. The molecule has 0 bridgehead atoms. The molecule has 0 aliphatic carbocycles. The van der Waals surface area contributed by atoms with E-state index in [1.54, 1.807) is 0 Å². The lowest BCUT2D eigenvalue weighted by Gasteiger charge is -2.21. The van der Waals surface area contributed by atoms with E-state index in [2.05, 4.69) is 215 Å². The van der Waals surface area contributed by atoms with Gasteiger partial charge in [0.25, 0.3) is 0 Å². The number of phosphoric acid groups is 2. The molecule has 0 amide bonds. The minimum atomic E-state index is -4.96. The van der Waals surface area contributed by atoms with Crippen LogP contribution in [-0.2, 0) is 55.8 Å². The number of aliphatic hydroxyl groups excluding tert-OH is 2. The fourth-order valence-corrected chi connectivity index (χ4v) is 14.6. The van der Waals surface area contributed by atoms with Crippen LogP contribution in [0.25, 0.3) is 0 Å². The number of rotatable bonds is 91. The van der Waals surface area contributed by atoms with Crippen molar-refractivity contribution < 1.29 is 75.8 Å². The topological polar surface area (TPSA) is 231 Å². The third-order valence-electron chi connectivity index (χ3n) is 20.3. The van der Waals surface area contributed by atoms with E-state index in [0.29, 0.717) is 19.3 Å². The molecule has 0 aromatic rings. The summed E-state index contributed by atoms with van der Waals surface area (Å²) in [6, 6.07) is 0. The molecule has 0 spiro atoms. The van der Waals surface area contributed by atoms with E-state index in [1.807, 2.05) is 0 Å². The summed E-state index contributed by atoms with van der Waals surface area (Å²) in [5.41, 5.74) is 0. The Morgan fingerprint density at radius 2 is 0.431 bits per heavy atom. The second-order valence-corrected chi connectivity index (χ2v) is 35.0. The zero-order chi connectivity index (χ0) is 89.3.